The molecule has 0 saturated heterocycles. The first-order chi connectivity index (χ1) is 19.7. The summed E-state index contributed by atoms with van der Waals surface area (Å²) in [7, 11) is 1.78. The summed E-state index contributed by atoms with van der Waals surface area (Å²) < 4.78 is 17.9. The van der Waals surface area contributed by atoms with Crippen LogP contribution in [0.3, 0.4) is 0 Å². The summed E-state index contributed by atoms with van der Waals surface area (Å²) >= 11 is 0. The van der Waals surface area contributed by atoms with E-state index in [9.17, 15) is 9.59 Å². The number of methoxy groups -OCH3 is 1. The molecule has 0 N–H and O–H groups in total. The molecule has 6 unspecified atom stereocenters. The molecule has 0 aliphatic heterocycles. The van der Waals surface area contributed by atoms with E-state index in [2.05, 4.69) is 33.3 Å². The summed E-state index contributed by atoms with van der Waals surface area (Å²) in [4.78, 5) is 25.2. The van der Waals surface area contributed by atoms with Crippen LogP contribution in [0.5, 0.6) is 0 Å². The third-order valence-electron chi connectivity index (χ3n) is 11.9. The van der Waals surface area contributed by atoms with Gasteiger partial charge in [-0.2, -0.15) is 0 Å². The van der Waals surface area contributed by atoms with Crippen molar-refractivity contribution < 1.29 is 23.8 Å². The first-order valence-corrected chi connectivity index (χ1v) is 16.6. The average Bonchev–Trinajstić information content (AvgIpc) is 3.00. The zero-order valence-electron chi connectivity index (χ0n) is 26.3. The van der Waals surface area contributed by atoms with Gasteiger partial charge in [-0.3, -0.25) is 4.79 Å². The van der Waals surface area contributed by atoms with Gasteiger partial charge in [0.15, 0.2) is 0 Å². The number of esters is 1. The van der Waals surface area contributed by atoms with Gasteiger partial charge in [-0.15, -0.1) is 12.3 Å². The van der Waals surface area contributed by atoms with Gasteiger partial charge in [-0.05, 0) is 113 Å². The van der Waals surface area contributed by atoms with Gasteiger partial charge in [0.2, 0.25) is 0 Å². The van der Waals surface area contributed by atoms with Crippen LogP contribution in [0.1, 0.15) is 111 Å². The van der Waals surface area contributed by atoms with Gasteiger partial charge in [0.25, 0.3) is 0 Å². The van der Waals surface area contributed by atoms with Gasteiger partial charge in [-0.1, -0.05) is 27.4 Å². The molecule has 6 atom stereocenters. The lowest BCUT2D eigenvalue weighted by Crippen LogP contribution is -2.45. The van der Waals surface area contributed by atoms with Crippen LogP contribution in [0.25, 0.3) is 0 Å². The number of rotatable bonds is 10. The second kappa shape index (κ2) is 14.7. The quantitative estimate of drug-likeness (QED) is 0.155. The number of hydrogen-bond acceptors (Lipinski definition) is 5. The lowest BCUT2D eigenvalue weighted by atomic mass is 9.57. The van der Waals surface area contributed by atoms with E-state index >= 15 is 0 Å². The average molecular weight is 569 g/mol. The van der Waals surface area contributed by atoms with Crippen LogP contribution in [0, 0.1) is 59.2 Å². The second-order valence-corrected chi connectivity index (χ2v) is 14.4. The van der Waals surface area contributed by atoms with Gasteiger partial charge in [0.05, 0.1) is 24.9 Å². The summed E-state index contributed by atoms with van der Waals surface area (Å²) in [6.45, 7) is 11.2. The Bertz CT molecular complexity index is 917. The van der Waals surface area contributed by atoms with Crippen molar-refractivity contribution in [1.82, 2.24) is 0 Å². The van der Waals surface area contributed by atoms with E-state index in [4.69, 9.17) is 20.6 Å². The van der Waals surface area contributed by atoms with E-state index in [1.165, 1.54) is 18.9 Å². The van der Waals surface area contributed by atoms with Gasteiger partial charge in [-0.25, -0.2) is 4.79 Å². The Labute approximate surface area is 249 Å². The van der Waals surface area contributed by atoms with E-state index in [0.717, 1.165) is 77.0 Å². The van der Waals surface area contributed by atoms with E-state index in [-0.39, 0.29) is 41.3 Å². The number of Topliss-reactive ketones (excluding diaryl/α,β-unsaturated/α-hetero) is 1. The van der Waals surface area contributed by atoms with Gasteiger partial charge >= 0.3 is 5.97 Å². The lowest BCUT2D eigenvalue weighted by molar-refractivity contribution is -0.147. The molecule has 4 rings (SSSR count). The molecule has 4 saturated carbocycles. The molecule has 4 aliphatic carbocycles. The zero-order valence-corrected chi connectivity index (χ0v) is 26.3. The number of hydrogen-bond donors (Lipinski definition) is 0. The van der Waals surface area contributed by atoms with Gasteiger partial charge in [0, 0.05) is 36.9 Å². The van der Waals surface area contributed by atoms with Crippen molar-refractivity contribution in [3.8, 4) is 12.3 Å². The molecule has 4 aliphatic rings. The van der Waals surface area contributed by atoms with Crippen molar-refractivity contribution in [2.45, 2.75) is 129 Å². The Morgan fingerprint density at radius 3 is 2.05 bits per heavy atom. The molecule has 0 spiro atoms. The third-order valence-corrected chi connectivity index (χ3v) is 11.9. The molecule has 0 heterocycles. The molecule has 5 heteroatoms. The summed E-state index contributed by atoms with van der Waals surface area (Å²) in [5.41, 5.74) is 0.182. The number of ether oxygens (including phenoxy) is 3. The monoisotopic (exact) mass is 568 g/mol. The maximum Gasteiger partial charge on any atom is 0.330 e. The molecule has 0 aromatic carbocycles. The highest BCUT2D eigenvalue weighted by molar-refractivity contribution is 5.83. The molecular formula is C36H56O5. The van der Waals surface area contributed by atoms with Crippen LogP contribution in [0.15, 0.2) is 12.7 Å². The maximum absolute atomic E-state index is 13.2. The normalized spacial score (nSPS) is 38.4. The van der Waals surface area contributed by atoms with Crippen LogP contribution in [-0.4, -0.2) is 43.8 Å². The Hall–Kier alpha value is -1.64. The topological polar surface area (TPSA) is 61.8 Å². The van der Waals surface area contributed by atoms with Crippen molar-refractivity contribution in [3.63, 3.8) is 0 Å². The smallest absolute Gasteiger partial charge is 0.330 e. The van der Waals surface area contributed by atoms with Crippen LogP contribution in [0.4, 0.5) is 0 Å². The minimum Gasteiger partial charge on any atom is -0.462 e. The zero-order chi connectivity index (χ0) is 29.6. The Kier molecular flexibility index (Phi) is 11.6. The molecule has 41 heavy (non-hydrogen) atoms. The molecule has 4 fully saturated rings. The fourth-order valence-corrected chi connectivity index (χ4v) is 8.72. The molecule has 230 valence electrons. The maximum atomic E-state index is 13.2. The van der Waals surface area contributed by atoms with Crippen LogP contribution < -0.4 is 0 Å². The molecule has 0 amide bonds. The van der Waals surface area contributed by atoms with Gasteiger partial charge < -0.3 is 14.2 Å². The fraction of sp³-hybridized carbons (Fsp3) is 0.833. The fourth-order valence-electron chi connectivity index (χ4n) is 8.72. The van der Waals surface area contributed by atoms with Gasteiger partial charge in [0.1, 0.15) is 5.78 Å². The predicted molar refractivity (Wildman–Crippen MR) is 163 cm³/mol. The number of carbonyl (C=O) groups is 2. The third kappa shape index (κ3) is 8.05. The van der Waals surface area contributed by atoms with E-state index in [1.54, 1.807) is 7.11 Å². The van der Waals surface area contributed by atoms with Crippen molar-refractivity contribution in [2.24, 2.45) is 46.8 Å². The molecular weight excluding hydrogens is 512 g/mol. The number of terminal acetylenes is 1. The van der Waals surface area contributed by atoms with Crippen LogP contribution >= 0.6 is 0 Å². The highest BCUT2D eigenvalue weighted by Crippen LogP contribution is 2.52. The highest BCUT2D eigenvalue weighted by Gasteiger charge is 2.45. The summed E-state index contributed by atoms with van der Waals surface area (Å²) in [5.74, 6) is 5.94. The molecule has 0 aromatic rings. The van der Waals surface area contributed by atoms with Crippen molar-refractivity contribution in [3.05, 3.63) is 12.7 Å². The second-order valence-electron chi connectivity index (χ2n) is 14.4. The summed E-state index contributed by atoms with van der Waals surface area (Å²) in [5, 5.41) is 0. The first kappa shape index (κ1) is 32.3. The number of carbonyl (C=O) groups excluding carboxylic acids is 2. The summed E-state index contributed by atoms with van der Waals surface area (Å²) in [6, 6.07) is 0. The van der Waals surface area contributed by atoms with E-state index < -0.39 is 0 Å². The molecule has 0 radical (unpaired) electrons. The Morgan fingerprint density at radius 1 is 0.878 bits per heavy atom. The molecule has 0 aromatic heterocycles. The summed E-state index contributed by atoms with van der Waals surface area (Å²) in [6.07, 6.45) is 22.2. The minimum absolute atomic E-state index is 0.0890. The first-order valence-electron chi connectivity index (χ1n) is 16.6. The SMILES string of the molecule is C#CC1CC(C(C)(C)C2CCC(OC3CCC(C(=O)C4CCC(OC)CC4)CC3)C(COC(=O)C=C)C2)CCC1C. The minimum atomic E-state index is -0.359. The van der Waals surface area contributed by atoms with Crippen molar-refractivity contribution >= 4 is 11.8 Å². The van der Waals surface area contributed by atoms with Crippen LogP contribution in [0.2, 0.25) is 0 Å². The standard InChI is InChI=1S/C36H56O5/c1-7-25-21-29(14-9-24(25)3)36(4,5)30-15-20-33(28(22-30)23-40-34(37)8-2)41-32-18-12-27(13-19-32)35(38)26-10-16-31(39-6)17-11-26/h1,8,24-33H,2,9-23H2,3-6H3. The largest absolute Gasteiger partial charge is 0.462 e. The van der Waals surface area contributed by atoms with Crippen LogP contribution in [-0.2, 0) is 23.8 Å². The van der Waals surface area contributed by atoms with Crippen molar-refractivity contribution in [1.29, 1.82) is 0 Å². The van der Waals surface area contributed by atoms with Crippen molar-refractivity contribution in [2.75, 3.05) is 13.7 Å². The lowest BCUT2D eigenvalue weighted by Gasteiger charge is -2.49. The number of ketones is 1. The Morgan fingerprint density at radius 2 is 1.46 bits per heavy atom. The van der Waals surface area contributed by atoms with E-state index in [0.29, 0.717) is 42.2 Å². The molecule has 0 bridgehead atoms. The molecule has 5 nitrogen and oxygen atoms in total. The van der Waals surface area contributed by atoms with E-state index in [1.807, 2.05) is 0 Å². The highest BCUT2D eigenvalue weighted by atomic mass is 16.5. The Balaban J connectivity index is 1.32. The predicted octanol–water partition coefficient (Wildman–Crippen LogP) is 7.56.